The Bertz CT molecular complexity index is 518. The Kier molecular flexibility index (Phi) is 5.01. The number of nitrogen functional groups attached to an aromatic ring is 1. The molecule has 22 heavy (non-hydrogen) atoms. The second-order valence-electron chi connectivity index (χ2n) is 6.95. The van der Waals surface area contributed by atoms with E-state index in [-0.39, 0.29) is 17.9 Å². The van der Waals surface area contributed by atoms with E-state index >= 15 is 0 Å². The van der Waals surface area contributed by atoms with E-state index < -0.39 is 0 Å². The highest BCUT2D eigenvalue weighted by molar-refractivity contribution is 5.79. The van der Waals surface area contributed by atoms with Gasteiger partial charge in [-0.15, -0.1) is 0 Å². The van der Waals surface area contributed by atoms with Crippen LogP contribution in [-0.2, 0) is 11.2 Å². The minimum absolute atomic E-state index is 0.183. The van der Waals surface area contributed by atoms with E-state index in [0.29, 0.717) is 0 Å². The lowest BCUT2D eigenvalue weighted by molar-refractivity contribution is -0.126. The average molecular weight is 300 g/mol. The Hall–Kier alpha value is -1.51. The second-order valence-corrected chi connectivity index (χ2v) is 6.95. The van der Waals surface area contributed by atoms with Gasteiger partial charge in [0, 0.05) is 11.6 Å². The van der Waals surface area contributed by atoms with Gasteiger partial charge in [-0.3, -0.25) is 4.79 Å². The topological polar surface area (TPSA) is 55.1 Å². The number of fused-ring (bicyclic) bond motifs is 1. The van der Waals surface area contributed by atoms with E-state index in [1.54, 1.807) is 0 Å². The fourth-order valence-electron chi connectivity index (χ4n) is 3.99. The molecule has 2 aliphatic carbocycles. The zero-order valence-electron chi connectivity index (χ0n) is 13.4. The molecule has 3 nitrogen and oxygen atoms in total. The molecule has 120 valence electrons. The van der Waals surface area contributed by atoms with Gasteiger partial charge in [-0.05, 0) is 55.4 Å². The Morgan fingerprint density at radius 2 is 1.73 bits per heavy atom. The monoisotopic (exact) mass is 300 g/mol. The number of carbonyl (C=O) groups excluding carboxylic acids is 1. The second kappa shape index (κ2) is 7.17. The first kappa shape index (κ1) is 15.4. The van der Waals surface area contributed by atoms with Gasteiger partial charge in [0.2, 0.25) is 5.91 Å². The molecule has 2 aliphatic rings. The van der Waals surface area contributed by atoms with Gasteiger partial charge < -0.3 is 11.1 Å². The van der Waals surface area contributed by atoms with Crippen molar-refractivity contribution in [1.29, 1.82) is 0 Å². The van der Waals surface area contributed by atoms with Crippen molar-refractivity contribution in [2.75, 3.05) is 5.73 Å². The lowest BCUT2D eigenvalue weighted by Gasteiger charge is -2.29. The van der Waals surface area contributed by atoms with Crippen LogP contribution in [0, 0.1) is 5.92 Å². The van der Waals surface area contributed by atoms with Gasteiger partial charge >= 0.3 is 0 Å². The van der Waals surface area contributed by atoms with Crippen molar-refractivity contribution >= 4 is 11.6 Å². The Morgan fingerprint density at radius 1 is 1.00 bits per heavy atom. The van der Waals surface area contributed by atoms with Crippen LogP contribution in [0.3, 0.4) is 0 Å². The lowest BCUT2D eigenvalue weighted by Crippen LogP contribution is -2.36. The molecule has 0 heterocycles. The minimum atomic E-state index is 0.183. The van der Waals surface area contributed by atoms with Crippen LogP contribution in [0.2, 0.25) is 0 Å². The van der Waals surface area contributed by atoms with Gasteiger partial charge in [-0.25, -0.2) is 0 Å². The quantitative estimate of drug-likeness (QED) is 0.807. The van der Waals surface area contributed by atoms with Crippen LogP contribution in [0.5, 0.6) is 0 Å². The standard InChI is InChI=1S/C19H28N2O/c20-16-11-12-17-15(13-16)9-6-10-18(17)21-19(22)14-7-4-2-1-3-5-8-14/h11-14,18H,1-10,20H2,(H,21,22). The number of nitrogens with two attached hydrogens (primary N) is 1. The van der Waals surface area contributed by atoms with Crippen LogP contribution >= 0.6 is 0 Å². The van der Waals surface area contributed by atoms with Gasteiger partial charge in [-0.2, -0.15) is 0 Å². The third-order valence-corrected chi connectivity index (χ3v) is 5.27. The van der Waals surface area contributed by atoms with Crippen molar-refractivity contribution < 1.29 is 4.79 Å². The predicted molar refractivity (Wildman–Crippen MR) is 90.5 cm³/mol. The van der Waals surface area contributed by atoms with Crippen LogP contribution < -0.4 is 11.1 Å². The first-order valence-corrected chi connectivity index (χ1v) is 8.93. The summed E-state index contributed by atoms with van der Waals surface area (Å²) in [6.07, 6.45) is 11.7. The van der Waals surface area contributed by atoms with Crippen molar-refractivity contribution in [2.45, 2.75) is 70.3 Å². The highest BCUT2D eigenvalue weighted by atomic mass is 16.1. The summed E-state index contributed by atoms with van der Waals surface area (Å²) in [5.74, 6) is 0.496. The number of hydrogen-bond donors (Lipinski definition) is 2. The maximum atomic E-state index is 12.7. The maximum Gasteiger partial charge on any atom is 0.223 e. The van der Waals surface area contributed by atoms with E-state index in [1.807, 2.05) is 6.07 Å². The highest BCUT2D eigenvalue weighted by Gasteiger charge is 2.25. The van der Waals surface area contributed by atoms with Crippen molar-refractivity contribution in [3.05, 3.63) is 29.3 Å². The molecule has 3 N–H and O–H groups in total. The molecular weight excluding hydrogens is 272 g/mol. The maximum absolute atomic E-state index is 12.7. The molecule has 1 atom stereocenters. The molecular formula is C19H28N2O. The summed E-state index contributed by atoms with van der Waals surface area (Å²) < 4.78 is 0. The Labute approximate surface area is 133 Å². The summed E-state index contributed by atoms with van der Waals surface area (Å²) in [5.41, 5.74) is 9.31. The molecule has 0 aromatic heterocycles. The zero-order valence-corrected chi connectivity index (χ0v) is 13.4. The molecule has 1 saturated carbocycles. The van der Waals surface area contributed by atoms with Gasteiger partial charge in [-0.1, -0.05) is 38.2 Å². The number of carbonyl (C=O) groups is 1. The number of amides is 1. The zero-order chi connectivity index (χ0) is 15.4. The minimum Gasteiger partial charge on any atom is -0.399 e. The SMILES string of the molecule is Nc1ccc2c(c1)CCCC2NC(=O)C1CCCCCCC1. The Balaban J connectivity index is 1.67. The molecule has 0 aliphatic heterocycles. The predicted octanol–water partition coefficient (Wildman–Crippen LogP) is 4.12. The van der Waals surface area contributed by atoms with E-state index in [1.165, 1.54) is 43.2 Å². The van der Waals surface area contributed by atoms with Gasteiger partial charge in [0.05, 0.1) is 6.04 Å². The van der Waals surface area contributed by atoms with E-state index in [9.17, 15) is 4.79 Å². The van der Waals surface area contributed by atoms with Crippen molar-refractivity contribution in [3.63, 3.8) is 0 Å². The summed E-state index contributed by atoms with van der Waals surface area (Å²) in [6, 6.07) is 6.32. The summed E-state index contributed by atoms with van der Waals surface area (Å²) >= 11 is 0. The van der Waals surface area contributed by atoms with Crippen LogP contribution in [0.15, 0.2) is 18.2 Å². The number of rotatable bonds is 2. The summed E-state index contributed by atoms with van der Waals surface area (Å²) in [5, 5.41) is 3.33. The first-order valence-electron chi connectivity index (χ1n) is 8.93. The van der Waals surface area contributed by atoms with Gasteiger partial charge in [0.25, 0.3) is 0 Å². The van der Waals surface area contributed by atoms with E-state index in [2.05, 4.69) is 17.4 Å². The highest BCUT2D eigenvalue weighted by Crippen LogP contribution is 2.32. The summed E-state index contributed by atoms with van der Waals surface area (Å²) in [6.45, 7) is 0. The van der Waals surface area contributed by atoms with Gasteiger partial charge in [0.1, 0.15) is 0 Å². The normalized spacial score (nSPS) is 23.2. The smallest absolute Gasteiger partial charge is 0.223 e. The molecule has 1 unspecified atom stereocenters. The molecule has 3 heteroatoms. The number of nitrogens with one attached hydrogen (secondary N) is 1. The summed E-state index contributed by atoms with van der Waals surface area (Å²) in [7, 11) is 0. The average Bonchev–Trinajstić information content (AvgIpc) is 2.46. The van der Waals surface area contributed by atoms with Gasteiger partial charge in [0.15, 0.2) is 0 Å². The molecule has 0 bridgehead atoms. The number of hydrogen-bond acceptors (Lipinski definition) is 2. The third-order valence-electron chi connectivity index (χ3n) is 5.27. The van der Waals surface area contributed by atoms with E-state index in [0.717, 1.165) is 37.8 Å². The molecule has 3 rings (SSSR count). The molecule has 0 spiro atoms. The van der Waals surface area contributed by atoms with Crippen LogP contribution in [0.4, 0.5) is 5.69 Å². The third kappa shape index (κ3) is 3.63. The van der Waals surface area contributed by atoms with Crippen LogP contribution in [-0.4, -0.2) is 5.91 Å². The molecule has 0 saturated heterocycles. The molecule has 1 amide bonds. The molecule has 1 aromatic rings. The van der Waals surface area contributed by atoms with Crippen molar-refractivity contribution in [2.24, 2.45) is 5.92 Å². The lowest BCUT2D eigenvalue weighted by atomic mass is 9.86. The van der Waals surface area contributed by atoms with Crippen LogP contribution in [0.25, 0.3) is 0 Å². The fourth-order valence-corrected chi connectivity index (χ4v) is 3.99. The molecule has 1 aromatic carbocycles. The summed E-state index contributed by atoms with van der Waals surface area (Å²) in [4.78, 5) is 12.7. The number of aryl methyl sites for hydroxylation is 1. The van der Waals surface area contributed by atoms with Crippen molar-refractivity contribution in [3.8, 4) is 0 Å². The number of benzene rings is 1. The van der Waals surface area contributed by atoms with Crippen LogP contribution in [0.1, 0.15) is 75.0 Å². The first-order chi connectivity index (χ1) is 10.7. The Morgan fingerprint density at radius 3 is 2.50 bits per heavy atom. The van der Waals surface area contributed by atoms with E-state index in [4.69, 9.17) is 5.73 Å². The molecule has 1 fully saturated rings. The largest absolute Gasteiger partial charge is 0.399 e. The van der Waals surface area contributed by atoms with Crippen molar-refractivity contribution in [1.82, 2.24) is 5.32 Å². The fraction of sp³-hybridized carbons (Fsp3) is 0.632. The molecule has 0 radical (unpaired) electrons. The number of anilines is 1.